The normalized spacial score (nSPS) is 19.6. The van der Waals surface area contributed by atoms with Gasteiger partial charge in [-0.05, 0) is 59.5 Å². The van der Waals surface area contributed by atoms with Crippen LogP contribution in [0.2, 0.25) is 0 Å². The molecule has 0 heterocycles. The summed E-state index contributed by atoms with van der Waals surface area (Å²) in [7, 11) is -1.08. The predicted molar refractivity (Wildman–Crippen MR) is 213 cm³/mol. The molecule has 0 saturated heterocycles. The van der Waals surface area contributed by atoms with E-state index in [1.807, 2.05) is 0 Å². The van der Waals surface area contributed by atoms with Crippen LogP contribution in [0.15, 0.2) is 0 Å². The summed E-state index contributed by atoms with van der Waals surface area (Å²) in [6.07, 6.45) is 32.0. The molecular formula is C42H78Fe2N3O4PW. The van der Waals surface area contributed by atoms with E-state index >= 15 is 0 Å². The first-order valence-corrected chi connectivity index (χ1v) is 21.5. The van der Waals surface area contributed by atoms with Gasteiger partial charge in [0.1, 0.15) is 0 Å². The molecule has 11 heteroatoms. The van der Waals surface area contributed by atoms with Crippen molar-refractivity contribution in [3.63, 3.8) is 0 Å². The number of rotatable bonds is 22. The molecule has 4 rings (SSSR count). The molecule has 0 amide bonds. The first-order chi connectivity index (χ1) is 24.4. The van der Waals surface area contributed by atoms with Crippen LogP contribution in [-0.4, -0.2) is 80.9 Å². The molecule has 3 unspecified atom stereocenters. The minimum absolute atomic E-state index is 0. The van der Waals surface area contributed by atoms with Crippen molar-refractivity contribution in [2.24, 2.45) is 11.8 Å². The Balaban J connectivity index is -0.000000726. The zero-order valence-electron chi connectivity index (χ0n) is 34.2. The maximum absolute atomic E-state index is 8.52. The molecule has 53 heavy (non-hydrogen) atoms. The van der Waals surface area contributed by atoms with Crippen LogP contribution in [0, 0.1) is 62.7 Å². The quantitative estimate of drug-likeness (QED) is 0.0463. The van der Waals surface area contributed by atoms with Crippen molar-refractivity contribution in [3.05, 3.63) is 39.5 Å². The Labute approximate surface area is 366 Å². The molecular weight excluding hydrogens is 937 g/mol. The summed E-state index contributed by atoms with van der Waals surface area (Å²) >= 11 is 0. The van der Waals surface area contributed by atoms with E-state index in [9.17, 15) is 0 Å². The van der Waals surface area contributed by atoms with Crippen molar-refractivity contribution >= 4 is 8.53 Å². The Hall–Kier alpha value is 1.41. The van der Waals surface area contributed by atoms with Gasteiger partial charge in [-0.15, -0.1) is 12.5 Å². The average Bonchev–Trinajstić information content (AvgIpc) is 3.96. The smallest absolute Gasteiger partial charge is 0.384 e. The van der Waals surface area contributed by atoms with Crippen molar-refractivity contribution in [2.75, 3.05) is 59.3 Å². The monoisotopic (exact) mass is 1020 g/mol. The zero-order chi connectivity index (χ0) is 36.5. The Morgan fingerprint density at radius 3 is 1.72 bits per heavy atom. The minimum atomic E-state index is -1.08. The number of hydrogen-bond donors (Lipinski definition) is 0. The molecule has 0 bridgehead atoms. The second-order valence-corrected chi connectivity index (χ2v) is 15.9. The molecule has 0 radical (unpaired) electrons. The topological polar surface area (TPSA) is 67.2 Å². The number of nitrogens with zero attached hydrogens (tertiary/aromatic N) is 3. The molecule has 0 spiro atoms. The summed E-state index contributed by atoms with van der Waals surface area (Å²) in [6.45, 7) is 24.0. The van der Waals surface area contributed by atoms with E-state index in [2.05, 4.69) is 82.9 Å². The van der Waals surface area contributed by atoms with Crippen LogP contribution in [0.1, 0.15) is 143 Å². The van der Waals surface area contributed by atoms with E-state index in [-0.39, 0.29) is 55.2 Å². The van der Waals surface area contributed by atoms with Gasteiger partial charge in [0.15, 0.2) is 0 Å². The zero-order valence-corrected chi connectivity index (χ0v) is 40.2. The molecule has 4 aliphatic carbocycles. The second kappa shape index (κ2) is 43.0. The average molecular weight is 1020 g/mol. The van der Waals surface area contributed by atoms with Gasteiger partial charge in [0, 0.05) is 45.1 Å². The van der Waals surface area contributed by atoms with Gasteiger partial charge in [0.2, 0.25) is 0 Å². The molecule has 3 atom stereocenters. The molecule has 0 aromatic heterocycles. The molecule has 312 valence electrons. The van der Waals surface area contributed by atoms with Crippen LogP contribution >= 0.6 is 8.53 Å². The van der Waals surface area contributed by atoms with Crippen LogP contribution in [0.25, 0.3) is 0 Å². The summed E-state index contributed by atoms with van der Waals surface area (Å²) in [5.74, 6) is 1.50. The van der Waals surface area contributed by atoms with Gasteiger partial charge in [0.05, 0.1) is 19.1 Å². The maximum Gasteiger partial charge on any atom is 2.00 e. The van der Waals surface area contributed by atoms with Gasteiger partial charge in [-0.1, -0.05) is 44.9 Å². The maximum atomic E-state index is 8.52. The molecule has 0 N–H and O–H groups in total. The Morgan fingerprint density at radius 2 is 1.30 bits per heavy atom. The molecule has 7 nitrogen and oxygen atoms in total. The third-order valence-corrected chi connectivity index (χ3v) is 11.3. The van der Waals surface area contributed by atoms with Crippen molar-refractivity contribution in [1.29, 1.82) is 5.26 Å². The summed E-state index contributed by atoms with van der Waals surface area (Å²) in [5.41, 5.74) is 0. The fourth-order valence-corrected chi connectivity index (χ4v) is 8.11. The van der Waals surface area contributed by atoms with Crippen molar-refractivity contribution in [3.8, 4) is 6.07 Å². The number of ether oxygens (including phenoxy) is 2. The fourth-order valence-electron chi connectivity index (χ4n) is 6.48. The van der Waals surface area contributed by atoms with Crippen molar-refractivity contribution in [1.82, 2.24) is 9.57 Å². The van der Waals surface area contributed by atoms with Gasteiger partial charge < -0.3 is 63.0 Å². The third-order valence-electron chi connectivity index (χ3n) is 9.23. The van der Waals surface area contributed by atoms with Crippen LogP contribution < -0.4 is 0 Å². The van der Waals surface area contributed by atoms with E-state index in [1.165, 1.54) is 89.9 Å². The first-order valence-electron chi connectivity index (χ1n) is 20.4. The van der Waals surface area contributed by atoms with Crippen LogP contribution in [0.5, 0.6) is 0 Å². The number of nitriles is 1. The van der Waals surface area contributed by atoms with E-state index in [0.717, 1.165) is 71.2 Å². The molecule has 4 fully saturated rings. The predicted octanol–water partition coefficient (Wildman–Crippen LogP) is 11.0. The summed E-state index contributed by atoms with van der Waals surface area (Å²) in [4.78, 5) is 2.41. The second-order valence-electron chi connectivity index (χ2n) is 14.5. The van der Waals surface area contributed by atoms with Crippen LogP contribution in [-0.2, 0) is 73.7 Å². The van der Waals surface area contributed by atoms with Gasteiger partial charge in [-0.2, -0.15) is 56.6 Å². The standard InChI is InChI=1S/C20H36NO2.C12H24N2O2P.2C5H9.2Fe.W/c1-2-21(13-7-15-22-17-19-9-3-4-10-19)14-8-16-23-18-20-11-5-6-12-20;1-6-9-15-17(16-10-7-8-13)14(11(2)3)12(4)5;2*1-2-4-5-3-1;;;/h3,11,19-20H,1-2,4-10,12-18H2;11-12H,1,6-7,9-10H2,2-5H3;2*1H,2-5H2;;;/q-3;3*-1;3*+2. The van der Waals surface area contributed by atoms with Gasteiger partial charge in [0.25, 0.3) is 8.53 Å². The Bertz CT molecular complexity index is 708. The first kappa shape index (κ1) is 58.7. The van der Waals surface area contributed by atoms with Gasteiger partial charge in [-0.25, -0.2) is 4.67 Å². The Morgan fingerprint density at radius 1 is 0.736 bits per heavy atom. The molecule has 4 saturated carbocycles. The van der Waals surface area contributed by atoms with E-state index in [4.69, 9.17) is 23.8 Å². The van der Waals surface area contributed by atoms with Crippen molar-refractivity contribution < 1.29 is 73.7 Å². The fraction of sp³-hybridized carbons (Fsp3) is 0.833. The van der Waals surface area contributed by atoms with Crippen molar-refractivity contribution in [2.45, 2.75) is 155 Å². The minimum Gasteiger partial charge on any atom is -0.384 e. The number of hydrogen-bond acceptors (Lipinski definition) is 7. The molecule has 4 aliphatic rings. The van der Waals surface area contributed by atoms with E-state index < -0.39 is 8.53 Å². The SMILES string of the molecule is [CH-]1CCCC1.[CH-]1CCCC1.[CH2-]CCOP(OCCC#N)N(C(C)C)C(C)C.[CH2-]CN(CCCOCC1[CH-]CCC1)CCCOCC1C[CH-]CC1.[Fe+2].[Fe+2].[W+2]. The van der Waals surface area contributed by atoms with Gasteiger partial charge in [-0.3, -0.25) is 0 Å². The van der Waals surface area contributed by atoms with E-state index in [1.54, 1.807) is 0 Å². The largest absolute Gasteiger partial charge is 2.00 e. The summed E-state index contributed by atoms with van der Waals surface area (Å²) < 4.78 is 25.2. The Kier molecular flexibility index (Phi) is 47.6. The summed E-state index contributed by atoms with van der Waals surface area (Å²) in [5, 5.41) is 8.52. The molecule has 0 aromatic rings. The van der Waals surface area contributed by atoms with Crippen LogP contribution in [0.3, 0.4) is 0 Å². The van der Waals surface area contributed by atoms with Gasteiger partial charge >= 0.3 is 55.2 Å². The molecule has 0 aromatic carbocycles. The van der Waals surface area contributed by atoms with Crippen LogP contribution in [0.4, 0.5) is 0 Å². The molecule has 0 aliphatic heterocycles. The third kappa shape index (κ3) is 34.0. The van der Waals surface area contributed by atoms with E-state index in [0.29, 0.717) is 37.6 Å². The summed E-state index contributed by atoms with van der Waals surface area (Å²) in [6, 6.07) is 2.78.